The molecule has 0 aliphatic carbocycles. The smallest absolute Gasteiger partial charge is 0.0914 e. The molecule has 0 radical (unpaired) electrons. The molecule has 0 aliphatic heterocycles. The summed E-state index contributed by atoms with van der Waals surface area (Å²) >= 11 is 0. The molecule has 0 saturated carbocycles. The topological polar surface area (TPSA) is 3.24 Å². The van der Waals surface area contributed by atoms with Crippen LogP contribution >= 0.6 is 0 Å². The Morgan fingerprint density at radius 1 is 0.789 bits per heavy atom. The molecule has 0 fully saturated rings. The van der Waals surface area contributed by atoms with E-state index in [0.717, 1.165) is 0 Å². The van der Waals surface area contributed by atoms with Crippen molar-refractivity contribution in [1.82, 2.24) is 4.90 Å². The third-order valence-corrected chi connectivity index (χ3v) is 3.58. The number of nitrogens with zero attached hydrogens (tertiary/aromatic N) is 1. The molecule has 1 nitrogen and oxygen atoms in total. The maximum atomic E-state index is 3.90. The van der Waals surface area contributed by atoms with Gasteiger partial charge < -0.3 is 4.90 Å². The zero-order valence-corrected chi connectivity index (χ0v) is 11.3. The van der Waals surface area contributed by atoms with Gasteiger partial charge in [0.15, 0.2) is 0 Å². The Morgan fingerprint density at radius 2 is 1.16 bits per heavy atom. The van der Waals surface area contributed by atoms with Crippen molar-refractivity contribution in [3.05, 3.63) is 97.3 Å². The number of benzene rings is 2. The summed E-state index contributed by atoms with van der Waals surface area (Å²) in [5, 5.41) is 0. The van der Waals surface area contributed by atoms with Crippen molar-refractivity contribution in [2.45, 2.75) is 12.5 Å². The fourth-order valence-electron chi connectivity index (χ4n) is 2.43. The molecule has 0 aromatic heterocycles. The van der Waals surface area contributed by atoms with E-state index in [4.69, 9.17) is 0 Å². The van der Waals surface area contributed by atoms with E-state index >= 15 is 0 Å². The van der Waals surface area contributed by atoms with Gasteiger partial charge in [-0.05, 0) is 30.5 Å². The van der Waals surface area contributed by atoms with Crippen LogP contribution in [-0.2, 0) is 5.54 Å². The van der Waals surface area contributed by atoms with Crippen molar-refractivity contribution < 1.29 is 0 Å². The van der Waals surface area contributed by atoms with E-state index in [-0.39, 0.29) is 5.54 Å². The average molecular weight is 249 g/mol. The minimum Gasteiger partial charge on any atom is -0.342 e. The molecule has 0 saturated heterocycles. The summed E-state index contributed by atoms with van der Waals surface area (Å²) in [7, 11) is 0. The standard InChI is InChI=1S/C18H19N/c1-4-19(5-2)18(3,16-12-8-6-9-13-16)17-14-10-7-11-15-17/h4-15H,1-2H2,3H3. The molecule has 0 amide bonds. The van der Waals surface area contributed by atoms with Crippen LogP contribution in [0.15, 0.2) is 86.2 Å². The van der Waals surface area contributed by atoms with Crippen molar-refractivity contribution in [2.24, 2.45) is 0 Å². The Bertz CT molecular complexity index is 495. The molecule has 96 valence electrons. The monoisotopic (exact) mass is 249 g/mol. The number of rotatable bonds is 5. The molecule has 2 aromatic rings. The van der Waals surface area contributed by atoms with E-state index in [1.165, 1.54) is 11.1 Å². The van der Waals surface area contributed by atoms with Crippen LogP contribution in [0.3, 0.4) is 0 Å². The Balaban J connectivity index is 2.63. The molecule has 2 rings (SSSR count). The van der Waals surface area contributed by atoms with Crippen LogP contribution in [0, 0.1) is 0 Å². The summed E-state index contributed by atoms with van der Waals surface area (Å²) in [4.78, 5) is 2.04. The van der Waals surface area contributed by atoms with Crippen LogP contribution in [0.25, 0.3) is 0 Å². The first-order chi connectivity index (χ1) is 9.23. The molecule has 0 heterocycles. The van der Waals surface area contributed by atoms with Crippen molar-refractivity contribution in [2.75, 3.05) is 0 Å². The van der Waals surface area contributed by atoms with Crippen molar-refractivity contribution in [3.63, 3.8) is 0 Å². The lowest BCUT2D eigenvalue weighted by Crippen LogP contribution is -2.37. The lowest BCUT2D eigenvalue weighted by molar-refractivity contribution is 0.288. The van der Waals surface area contributed by atoms with Gasteiger partial charge in [0.25, 0.3) is 0 Å². The summed E-state index contributed by atoms with van der Waals surface area (Å²) in [5.74, 6) is 0. The fourth-order valence-corrected chi connectivity index (χ4v) is 2.43. The Hall–Kier alpha value is -2.28. The largest absolute Gasteiger partial charge is 0.342 e. The van der Waals surface area contributed by atoms with E-state index in [9.17, 15) is 0 Å². The first kappa shape index (κ1) is 13.2. The van der Waals surface area contributed by atoms with E-state index in [0.29, 0.717) is 0 Å². The van der Waals surface area contributed by atoms with E-state index in [1.807, 2.05) is 29.4 Å². The molecule has 0 spiro atoms. The number of hydrogen-bond donors (Lipinski definition) is 0. The molecule has 2 aromatic carbocycles. The first-order valence-electron chi connectivity index (χ1n) is 6.38. The van der Waals surface area contributed by atoms with Gasteiger partial charge in [-0.2, -0.15) is 0 Å². The average Bonchev–Trinajstić information content (AvgIpc) is 2.50. The highest BCUT2D eigenvalue weighted by atomic mass is 15.2. The molecule has 0 unspecified atom stereocenters. The van der Waals surface area contributed by atoms with Crippen LogP contribution in [0.2, 0.25) is 0 Å². The minimum atomic E-state index is -0.300. The maximum absolute atomic E-state index is 3.90. The van der Waals surface area contributed by atoms with Gasteiger partial charge in [0.2, 0.25) is 0 Å². The second-order valence-electron chi connectivity index (χ2n) is 4.58. The third-order valence-electron chi connectivity index (χ3n) is 3.58. The van der Waals surface area contributed by atoms with Gasteiger partial charge in [-0.25, -0.2) is 0 Å². The maximum Gasteiger partial charge on any atom is 0.0914 e. The van der Waals surface area contributed by atoms with E-state index in [1.54, 1.807) is 0 Å². The van der Waals surface area contributed by atoms with Crippen molar-refractivity contribution >= 4 is 0 Å². The minimum absolute atomic E-state index is 0.300. The SMILES string of the molecule is C=CN(C=C)C(C)(c1ccccc1)c1ccccc1. The van der Waals surface area contributed by atoms with Gasteiger partial charge in [0, 0.05) is 0 Å². The van der Waals surface area contributed by atoms with E-state index < -0.39 is 0 Å². The Kier molecular flexibility index (Phi) is 3.86. The summed E-state index contributed by atoms with van der Waals surface area (Å²) in [5.41, 5.74) is 2.12. The highest BCUT2D eigenvalue weighted by Crippen LogP contribution is 2.35. The van der Waals surface area contributed by atoms with Crippen LogP contribution in [0.1, 0.15) is 18.1 Å². The normalized spacial score (nSPS) is 10.8. The first-order valence-corrected chi connectivity index (χ1v) is 6.38. The zero-order chi connectivity index (χ0) is 13.7. The van der Waals surface area contributed by atoms with Crippen molar-refractivity contribution in [1.29, 1.82) is 0 Å². The summed E-state index contributed by atoms with van der Waals surface area (Å²) in [6.07, 6.45) is 3.62. The van der Waals surface area contributed by atoms with E-state index in [2.05, 4.69) is 68.6 Å². The van der Waals surface area contributed by atoms with Gasteiger partial charge in [0.05, 0.1) is 5.54 Å². The molecule has 19 heavy (non-hydrogen) atoms. The van der Waals surface area contributed by atoms with Gasteiger partial charge in [0.1, 0.15) is 0 Å². The fraction of sp³-hybridized carbons (Fsp3) is 0.111. The van der Waals surface area contributed by atoms with Crippen LogP contribution in [0.5, 0.6) is 0 Å². The quantitative estimate of drug-likeness (QED) is 0.752. The molecular weight excluding hydrogens is 230 g/mol. The predicted octanol–water partition coefficient (Wildman–Crippen LogP) is 4.54. The van der Waals surface area contributed by atoms with Crippen LogP contribution < -0.4 is 0 Å². The predicted molar refractivity (Wildman–Crippen MR) is 81.6 cm³/mol. The molecule has 0 atom stereocenters. The highest BCUT2D eigenvalue weighted by molar-refractivity contribution is 5.38. The lowest BCUT2D eigenvalue weighted by atomic mass is 9.83. The molecule has 1 heteroatoms. The second kappa shape index (κ2) is 5.57. The Labute approximate surface area is 115 Å². The summed E-state index contributed by atoms with van der Waals surface area (Å²) < 4.78 is 0. The summed E-state index contributed by atoms with van der Waals surface area (Å²) in [6, 6.07) is 20.8. The zero-order valence-electron chi connectivity index (χ0n) is 11.3. The van der Waals surface area contributed by atoms with Gasteiger partial charge in [-0.1, -0.05) is 73.8 Å². The molecule has 0 N–H and O–H groups in total. The van der Waals surface area contributed by atoms with Gasteiger partial charge >= 0.3 is 0 Å². The number of hydrogen-bond acceptors (Lipinski definition) is 1. The second-order valence-corrected chi connectivity index (χ2v) is 4.58. The third kappa shape index (κ3) is 2.32. The molecular formula is C18H19N. The van der Waals surface area contributed by atoms with Gasteiger partial charge in [-0.3, -0.25) is 0 Å². The van der Waals surface area contributed by atoms with Crippen LogP contribution in [0.4, 0.5) is 0 Å². The summed E-state index contributed by atoms with van der Waals surface area (Å²) in [6.45, 7) is 9.99. The Morgan fingerprint density at radius 3 is 1.47 bits per heavy atom. The highest BCUT2D eigenvalue weighted by Gasteiger charge is 2.32. The van der Waals surface area contributed by atoms with Crippen molar-refractivity contribution in [3.8, 4) is 0 Å². The lowest BCUT2D eigenvalue weighted by Gasteiger charge is -2.39. The van der Waals surface area contributed by atoms with Gasteiger partial charge in [-0.15, -0.1) is 0 Å². The molecule has 0 bridgehead atoms. The molecule has 0 aliphatic rings. The van der Waals surface area contributed by atoms with Crippen LogP contribution in [-0.4, -0.2) is 4.90 Å².